The summed E-state index contributed by atoms with van der Waals surface area (Å²) in [4.78, 5) is 14.3. The quantitative estimate of drug-likeness (QED) is 0.633. The van der Waals surface area contributed by atoms with Crippen LogP contribution in [0.1, 0.15) is 34.7 Å². The van der Waals surface area contributed by atoms with E-state index in [4.69, 9.17) is 16.3 Å². The van der Waals surface area contributed by atoms with Crippen molar-refractivity contribution < 1.29 is 19.7 Å². The molecule has 0 bridgehead atoms. The maximum Gasteiger partial charge on any atom is 0.337 e. The van der Waals surface area contributed by atoms with E-state index in [2.05, 4.69) is 4.98 Å². The lowest BCUT2D eigenvalue weighted by molar-refractivity contribution is 0.0698. The molecule has 0 spiro atoms. The van der Waals surface area contributed by atoms with Crippen molar-refractivity contribution in [3.8, 4) is 16.9 Å². The molecule has 3 aromatic rings. The third-order valence-corrected chi connectivity index (χ3v) is 5.41. The summed E-state index contributed by atoms with van der Waals surface area (Å²) < 4.78 is 5.55. The normalized spacial score (nSPS) is 19.3. The Morgan fingerprint density at radius 3 is 2.69 bits per heavy atom. The number of fused-ring (bicyclic) bond motifs is 1. The van der Waals surface area contributed by atoms with Gasteiger partial charge in [0.25, 0.3) is 0 Å². The van der Waals surface area contributed by atoms with Crippen LogP contribution in [-0.4, -0.2) is 34.4 Å². The molecular formula is C20H18ClNO4. The van der Waals surface area contributed by atoms with Crippen molar-refractivity contribution in [3.63, 3.8) is 0 Å². The van der Waals surface area contributed by atoms with E-state index in [0.717, 1.165) is 35.3 Å². The minimum absolute atomic E-state index is 0.213. The number of carboxylic acid groups (broad SMARTS) is 1. The second kappa shape index (κ2) is 6.34. The molecule has 0 radical (unpaired) electrons. The highest BCUT2D eigenvalue weighted by Crippen LogP contribution is 2.43. The Hall–Kier alpha value is -2.50. The number of ether oxygens (including phenoxy) is 1. The van der Waals surface area contributed by atoms with Crippen LogP contribution in [0.4, 0.5) is 0 Å². The molecule has 4 rings (SSSR count). The summed E-state index contributed by atoms with van der Waals surface area (Å²) in [5, 5.41) is 20.0. The summed E-state index contributed by atoms with van der Waals surface area (Å²) in [5.74, 6) is 0.0688. The lowest BCUT2D eigenvalue weighted by Gasteiger charge is -2.32. The Morgan fingerprint density at radius 1 is 1.27 bits per heavy atom. The number of nitrogens with one attached hydrogen (secondary N) is 1. The smallest absolute Gasteiger partial charge is 0.337 e. The van der Waals surface area contributed by atoms with Crippen LogP contribution in [-0.2, 0) is 0 Å². The monoisotopic (exact) mass is 371 g/mol. The topological polar surface area (TPSA) is 82.5 Å². The van der Waals surface area contributed by atoms with Crippen LogP contribution in [0.25, 0.3) is 22.0 Å². The summed E-state index contributed by atoms with van der Waals surface area (Å²) in [5.41, 5.74) is 3.58. The molecule has 3 N–H and O–H groups in total. The number of carbonyl (C=O) groups is 1. The lowest BCUT2D eigenvalue weighted by atomic mass is 9.77. The first-order valence-electron chi connectivity index (χ1n) is 8.38. The lowest BCUT2D eigenvalue weighted by Crippen LogP contribution is -2.26. The molecule has 1 aliphatic carbocycles. The molecule has 0 aliphatic heterocycles. The molecule has 1 aliphatic rings. The van der Waals surface area contributed by atoms with Gasteiger partial charge >= 0.3 is 5.97 Å². The van der Waals surface area contributed by atoms with Crippen LogP contribution in [0.3, 0.4) is 0 Å². The summed E-state index contributed by atoms with van der Waals surface area (Å²) in [6.07, 6.45) is 2.73. The molecule has 26 heavy (non-hydrogen) atoms. The van der Waals surface area contributed by atoms with Gasteiger partial charge in [0, 0.05) is 22.7 Å². The number of methoxy groups -OCH3 is 1. The van der Waals surface area contributed by atoms with Crippen LogP contribution in [0.5, 0.6) is 5.75 Å². The van der Waals surface area contributed by atoms with Crippen molar-refractivity contribution >= 4 is 28.5 Å². The second-order valence-electron chi connectivity index (χ2n) is 6.66. The summed E-state index contributed by atoms with van der Waals surface area (Å²) >= 11 is 6.44. The molecule has 1 heterocycles. The molecule has 5 nitrogen and oxygen atoms in total. The van der Waals surface area contributed by atoms with Gasteiger partial charge in [-0.15, -0.1) is 0 Å². The Labute approximate surface area is 155 Å². The molecule has 0 saturated heterocycles. The highest BCUT2D eigenvalue weighted by atomic mass is 35.5. The van der Waals surface area contributed by atoms with E-state index in [1.807, 2.05) is 18.2 Å². The van der Waals surface area contributed by atoms with Gasteiger partial charge < -0.3 is 19.9 Å². The number of aromatic amines is 1. The van der Waals surface area contributed by atoms with E-state index in [0.29, 0.717) is 21.8 Å². The maximum absolute atomic E-state index is 11.4. The largest absolute Gasteiger partial charge is 0.496 e. The highest BCUT2D eigenvalue weighted by Gasteiger charge is 2.30. The van der Waals surface area contributed by atoms with Crippen LogP contribution in [0.2, 0.25) is 5.02 Å². The van der Waals surface area contributed by atoms with Gasteiger partial charge in [-0.1, -0.05) is 23.7 Å². The Bertz CT molecular complexity index is 1000. The zero-order chi connectivity index (χ0) is 18.4. The molecule has 0 amide bonds. The van der Waals surface area contributed by atoms with Crippen LogP contribution >= 0.6 is 11.6 Å². The second-order valence-corrected chi connectivity index (χ2v) is 7.07. The molecule has 0 atom stereocenters. The van der Waals surface area contributed by atoms with E-state index in [9.17, 15) is 15.0 Å². The van der Waals surface area contributed by atoms with Crippen LogP contribution in [0.15, 0.2) is 36.5 Å². The predicted octanol–water partition coefficient (Wildman–Crippen LogP) is 4.43. The average Bonchev–Trinajstić information content (AvgIpc) is 3.00. The van der Waals surface area contributed by atoms with Gasteiger partial charge in [0.1, 0.15) is 5.75 Å². The first-order valence-corrected chi connectivity index (χ1v) is 8.76. The van der Waals surface area contributed by atoms with Crippen molar-refractivity contribution in [2.45, 2.75) is 24.9 Å². The van der Waals surface area contributed by atoms with Crippen molar-refractivity contribution in [1.29, 1.82) is 0 Å². The highest BCUT2D eigenvalue weighted by molar-refractivity contribution is 6.34. The molecule has 1 saturated carbocycles. The van der Waals surface area contributed by atoms with Gasteiger partial charge in [0.05, 0.1) is 23.8 Å². The van der Waals surface area contributed by atoms with Gasteiger partial charge in [0.15, 0.2) is 0 Å². The van der Waals surface area contributed by atoms with E-state index in [1.54, 1.807) is 19.2 Å². The average molecular weight is 372 g/mol. The third kappa shape index (κ3) is 2.73. The number of hydrogen-bond donors (Lipinski definition) is 3. The van der Waals surface area contributed by atoms with Gasteiger partial charge in [0.2, 0.25) is 0 Å². The zero-order valence-electron chi connectivity index (χ0n) is 14.1. The van der Waals surface area contributed by atoms with E-state index >= 15 is 0 Å². The number of halogens is 1. The number of aliphatic hydroxyl groups excluding tert-OH is 1. The Kier molecular flexibility index (Phi) is 4.13. The van der Waals surface area contributed by atoms with E-state index < -0.39 is 5.97 Å². The number of aromatic nitrogens is 1. The number of H-pyrrole nitrogens is 1. The summed E-state index contributed by atoms with van der Waals surface area (Å²) in [6, 6.07) is 9.41. The number of aliphatic hydroxyl groups is 1. The fourth-order valence-corrected chi connectivity index (χ4v) is 3.87. The Balaban J connectivity index is 1.80. The molecule has 1 aromatic heterocycles. The van der Waals surface area contributed by atoms with Gasteiger partial charge in [-0.25, -0.2) is 4.79 Å². The third-order valence-electron chi connectivity index (χ3n) is 5.10. The van der Waals surface area contributed by atoms with E-state index in [1.165, 1.54) is 6.20 Å². The minimum atomic E-state index is -0.985. The summed E-state index contributed by atoms with van der Waals surface area (Å²) in [6.45, 7) is 0. The van der Waals surface area contributed by atoms with Gasteiger partial charge in [-0.2, -0.15) is 0 Å². The van der Waals surface area contributed by atoms with Crippen LogP contribution < -0.4 is 4.74 Å². The predicted molar refractivity (Wildman–Crippen MR) is 100 cm³/mol. The fourth-order valence-electron chi connectivity index (χ4n) is 3.60. The van der Waals surface area contributed by atoms with Crippen molar-refractivity contribution in [3.05, 3.63) is 52.7 Å². The van der Waals surface area contributed by atoms with Crippen LogP contribution in [0, 0.1) is 0 Å². The number of carboxylic acids is 1. The first-order chi connectivity index (χ1) is 12.5. The fraction of sp³-hybridized carbons (Fsp3) is 0.250. The SMILES string of the molecule is COc1cc(-c2cc3c(C(=O)O)c[nH]c3cc2Cl)ccc1C1CC(O)C1. The molecule has 134 valence electrons. The van der Waals surface area contributed by atoms with Crippen molar-refractivity contribution in [2.75, 3.05) is 7.11 Å². The number of rotatable bonds is 4. The minimum Gasteiger partial charge on any atom is -0.496 e. The van der Waals surface area contributed by atoms with Gasteiger partial charge in [-0.3, -0.25) is 0 Å². The molecule has 0 unspecified atom stereocenters. The number of benzene rings is 2. The number of hydrogen-bond acceptors (Lipinski definition) is 3. The standard InChI is InChI=1S/C20H18ClNO4/c1-26-19-6-10(2-3-13(19)11-4-12(23)5-11)14-7-15-16(20(24)25)9-22-18(15)8-17(14)21/h2-3,6-9,11-12,22-23H,4-5H2,1H3,(H,24,25). The van der Waals surface area contributed by atoms with Crippen molar-refractivity contribution in [2.24, 2.45) is 0 Å². The van der Waals surface area contributed by atoms with Gasteiger partial charge in [-0.05, 0) is 48.1 Å². The molecule has 6 heteroatoms. The van der Waals surface area contributed by atoms with E-state index in [-0.39, 0.29) is 11.7 Å². The zero-order valence-corrected chi connectivity index (χ0v) is 14.9. The molecule has 2 aromatic carbocycles. The molecular weight excluding hydrogens is 354 g/mol. The number of aromatic carboxylic acids is 1. The Morgan fingerprint density at radius 2 is 2.04 bits per heavy atom. The van der Waals surface area contributed by atoms with Crippen molar-refractivity contribution in [1.82, 2.24) is 4.98 Å². The molecule has 1 fully saturated rings. The maximum atomic E-state index is 11.4. The first kappa shape index (κ1) is 16.9. The summed E-state index contributed by atoms with van der Waals surface area (Å²) in [7, 11) is 1.62.